The number of hydrogen-bond acceptors (Lipinski definition) is 7. The van der Waals surface area contributed by atoms with Gasteiger partial charge in [0.25, 0.3) is 0 Å². The molecule has 0 spiro atoms. The van der Waals surface area contributed by atoms with Gasteiger partial charge in [0, 0.05) is 10.6 Å². The normalized spacial score (nSPS) is 25.6. The number of hydrogen-bond donors (Lipinski definition) is 0. The van der Waals surface area contributed by atoms with Crippen LogP contribution in [0.2, 0.25) is 0 Å². The Morgan fingerprint density at radius 1 is 0.875 bits per heavy atom. The van der Waals surface area contributed by atoms with Crippen molar-refractivity contribution in [2.75, 3.05) is 14.2 Å². The van der Waals surface area contributed by atoms with Crippen molar-refractivity contribution in [3.8, 4) is 5.75 Å². The highest BCUT2D eigenvalue weighted by Crippen LogP contribution is 3.04. The second-order valence-electron chi connectivity index (χ2n) is 4.89. The minimum atomic E-state index is -1.78. The van der Waals surface area contributed by atoms with Crippen LogP contribution in [0.15, 0.2) is 48.5 Å². The Labute approximate surface area is 158 Å². The Morgan fingerprint density at radius 3 is 1.75 bits per heavy atom. The smallest absolute Gasteiger partial charge is 0.337 e. The Morgan fingerprint density at radius 2 is 1.33 bits per heavy atom. The van der Waals surface area contributed by atoms with E-state index in [2.05, 4.69) is 0 Å². The predicted octanol–water partition coefficient (Wildman–Crippen LogP) is 4.53. The third-order valence-electron chi connectivity index (χ3n) is 3.42. The fourth-order valence-electron chi connectivity index (χ4n) is 2.14. The molecule has 126 valence electrons. The van der Waals surface area contributed by atoms with Gasteiger partial charge < -0.3 is 9.47 Å². The van der Waals surface area contributed by atoms with Gasteiger partial charge in [-0.15, -0.1) is 0 Å². The van der Waals surface area contributed by atoms with Crippen LogP contribution in [0.4, 0.5) is 0 Å². The molecule has 0 unspecified atom stereocenters. The molecule has 1 heterocycles. The number of carbonyl (C=O) groups excluding carboxylic acids is 1. The molecule has 0 saturated carbocycles. The molecule has 0 radical (unpaired) electrons. The summed E-state index contributed by atoms with van der Waals surface area (Å²) in [5.74, 6) is 0.490. The van der Waals surface area contributed by atoms with Crippen molar-refractivity contribution in [3.63, 3.8) is 0 Å². The zero-order chi connectivity index (χ0) is 17.4. The molecule has 2 aromatic rings. The van der Waals surface area contributed by atoms with E-state index in [9.17, 15) is 4.79 Å². The van der Waals surface area contributed by atoms with Crippen LogP contribution in [-0.4, -0.2) is 20.2 Å². The molecule has 3 nitrogen and oxygen atoms in total. The van der Waals surface area contributed by atoms with Crippen LogP contribution in [0.3, 0.4) is 0 Å². The van der Waals surface area contributed by atoms with Crippen molar-refractivity contribution in [2.45, 2.75) is 0 Å². The van der Waals surface area contributed by atoms with Gasteiger partial charge in [0.05, 0.1) is 28.7 Å². The Kier molecular flexibility index (Phi) is 5.51. The van der Waals surface area contributed by atoms with E-state index < -0.39 is 8.88 Å². The summed E-state index contributed by atoms with van der Waals surface area (Å²) in [5, 5.41) is 2.26. The molecule has 1 saturated heterocycles. The molecule has 24 heavy (non-hydrogen) atoms. The second-order valence-corrected chi connectivity index (χ2v) is 26.2. The van der Waals surface area contributed by atoms with Gasteiger partial charge in [-0.2, -0.15) is 0 Å². The lowest BCUT2D eigenvalue weighted by Crippen LogP contribution is -2.10. The Hall–Kier alpha value is -0.290. The summed E-state index contributed by atoms with van der Waals surface area (Å²) < 4.78 is 6.41. The van der Waals surface area contributed by atoms with Crippen molar-refractivity contribution in [2.24, 2.45) is 0 Å². The van der Waals surface area contributed by atoms with Gasteiger partial charge in [-0.3, -0.25) is 0 Å². The minimum Gasteiger partial charge on any atom is -0.497 e. The summed E-state index contributed by atoms with van der Waals surface area (Å²) in [5.41, 5.74) is 0.535. The lowest BCUT2D eigenvalue weighted by molar-refractivity contribution is 0.0601. The van der Waals surface area contributed by atoms with E-state index in [1.165, 1.54) is 12.4 Å². The number of ether oxygens (including phenoxy) is 2. The van der Waals surface area contributed by atoms with Crippen LogP contribution in [-0.2, 0) is 28.4 Å². The molecule has 9 heteroatoms. The SMILES string of the molecule is COC(=O)c1ccc(P2(=S)SP(=S)(c3ccc(OC)cc3)S2)cc1. The summed E-state index contributed by atoms with van der Waals surface area (Å²) in [6, 6.07) is 15.4. The van der Waals surface area contributed by atoms with Crippen LogP contribution in [0.1, 0.15) is 10.4 Å². The average molecular weight is 432 g/mol. The number of methoxy groups -OCH3 is 2. The van der Waals surface area contributed by atoms with E-state index in [0.717, 1.165) is 11.1 Å². The fourth-order valence-corrected chi connectivity index (χ4v) is 44.4. The molecule has 0 bridgehead atoms. The van der Waals surface area contributed by atoms with Crippen LogP contribution in [0.5, 0.6) is 5.75 Å². The topological polar surface area (TPSA) is 35.5 Å². The molecule has 1 aliphatic heterocycles. The summed E-state index contributed by atoms with van der Waals surface area (Å²) >= 11 is 15.3. The molecule has 0 N–H and O–H groups in total. The third-order valence-corrected chi connectivity index (χ3v) is 34.7. The average Bonchev–Trinajstić information content (AvgIpc) is 2.60. The molecule has 0 aliphatic carbocycles. The molecule has 0 amide bonds. The van der Waals surface area contributed by atoms with Crippen molar-refractivity contribution < 1.29 is 14.3 Å². The second kappa shape index (κ2) is 7.14. The summed E-state index contributed by atoms with van der Waals surface area (Å²) in [4.78, 5) is 11.5. The molecule has 3 rings (SSSR count). The number of benzene rings is 2. The van der Waals surface area contributed by atoms with Crippen molar-refractivity contribution >= 4 is 71.1 Å². The minimum absolute atomic E-state index is 0.337. The molecule has 1 aliphatic rings. The summed E-state index contributed by atoms with van der Waals surface area (Å²) in [6.07, 6.45) is 0. The van der Waals surface area contributed by atoms with Crippen LogP contribution in [0, 0.1) is 0 Å². The van der Waals surface area contributed by atoms with Gasteiger partial charge in [-0.1, -0.05) is 57.7 Å². The monoisotopic (exact) mass is 432 g/mol. The van der Waals surface area contributed by atoms with Gasteiger partial charge >= 0.3 is 5.97 Å². The Bertz CT molecular complexity index is 851. The van der Waals surface area contributed by atoms with E-state index >= 15 is 0 Å². The maximum atomic E-state index is 11.5. The zero-order valence-electron chi connectivity index (χ0n) is 12.9. The number of carbonyl (C=O) groups is 1. The van der Waals surface area contributed by atoms with E-state index in [0.29, 0.717) is 5.56 Å². The van der Waals surface area contributed by atoms with Crippen LogP contribution >= 0.6 is 30.9 Å². The van der Waals surface area contributed by atoms with Gasteiger partial charge in [0.15, 0.2) is 0 Å². The molecule has 0 aromatic heterocycles. The van der Waals surface area contributed by atoms with Crippen LogP contribution < -0.4 is 15.3 Å². The highest BCUT2D eigenvalue weighted by atomic mass is 33.7. The first-order valence-electron chi connectivity index (χ1n) is 6.86. The van der Waals surface area contributed by atoms with Gasteiger partial charge in [0.2, 0.25) is 0 Å². The predicted molar refractivity (Wildman–Crippen MR) is 114 cm³/mol. The molecule has 2 aromatic carbocycles. The highest BCUT2D eigenvalue weighted by Gasteiger charge is 2.45. The number of rotatable bonds is 4. The summed E-state index contributed by atoms with van der Waals surface area (Å²) in [6.45, 7) is 0. The van der Waals surface area contributed by atoms with E-state index in [-0.39, 0.29) is 5.97 Å². The maximum absolute atomic E-state index is 11.5. The van der Waals surface area contributed by atoms with Gasteiger partial charge in [-0.25, -0.2) is 4.79 Å². The van der Waals surface area contributed by atoms with E-state index in [1.54, 1.807) is 41.2 Å². The van der Waals surface area contributed by atoms with Crippen LogP contribution in [0.25, 0.3) is 0 Å². The first kappa shape index (κ1) is 18.5. The number of esters is 1. The quantitative estimate of drug-likeness (QED) is 0.519. The van der Waals surface area contributed by atoms with Crippen molar-refractivity contribution in [1.29, 1.82) is 0 Å². The van der Waals surface area contributed by atoms with E-state index in [4.69, 9.17) is 33.1 Å². The zero-order valence-corrected chi connectivity index (χ0v) is 17.9. The largest absolute Gasteiger partial charge is 0.497 e. The standard InChI is InChI=1S/C15H14O3P2S4/c1-17-12-5-9-14(10-6-12)20(22)23-19(21,24-20)13-7-3-11(4-8-13)15(16)18-2/h3-10H,1-2H3. The molecular formula is C15H14O3P2S4. The van der Waals surface area contributed by atoms with E-state index in [1.807, 2.05) is 36.4 Å². The van der Waals surface area contributed by atoms with Crippen molar-refractivity contribution in [3.05, 3.63) is 54.1 Å². The molecular weight excluding hydrogens is 418 g/mol. The first-order valence-corrected chi connectivity index (χ1v) is 16.5. The molecule has 0 atom stereocenters. The lowest BCUT2D eigenvalue weighted by atomic mass is 10.2. The fraction of sp³-hybridized carbons (Fsp3) is 0.133. The first-order chi connectivity index (χ1) is 11.4. The highest BCUT2D eigenvalue weighted by molar-refractivity contribution is 9.48. The molecule has 1 fully saturated rings. The van der Waals surface area contributed by atoms with Crippen molar-refractivity contribution in [1.82, 2.24) is 0 Å². The Balaban J connectivity index is 1.79. The summed E-state index contributed by atoms with van der Waals surface area (Å²) in [7, 11) is 3.03. The van der Waals surface area contributed by atoms with Gasteiger partial charge in [-0.05, 0) is 36.4 Å². The maximum Gasteiger partial charge on any atom is 0.337 e. The lowest BCUT2D eigenvalue weighted by Gasteiger charge is -2.40. The third kappa shape index (κ3) is 3.48. The van der Waals surface area contributed by atoms with Gasteiger partial charge in [0.1, 0.15) is 5.75 Å².